The van der Waals surface area contributed by atoms with Crippen molar-refractivity contribution >= 4 is 44.7 Å². The fourth-order valence-electron chi connectivity index (χ4n) is 3.24. The summed E-state index contributed by atoms with van der Waals surface area (Å²) in [7, 11) is 3.00. The first kappa shape index (κ1) is 21.1. The number of ether oxygens (including phenoxy) is 2. The Kier molecular flexibility index (Phi) is 5.84. The molecule has 2 aromatic carbocycles. The normalized spacial score (nSPS) is 11.0. The van der Waals surface area contributed by atoms with Crippen molar-refractivity contribution in [3.8, 4) is 11.5 Å². The predicted molar refractivity (Wildman–Crippen MR) is 120 cm³/mol. The van der Waals surface area contributed by atoms with Gasteiger partial charge in [-0.05, 0) is 30.7 Å². The molecule has 0 aliphatic heterocycles. The lowest BCUT2D eigenvalue weighted by atomic mass is 10.2. The quantitative estimate of drug-likeness (QED) is 0.412. The number of methoxy groups -OCH3 is 2. The molecule has 160 valence electrons. The van der Waals surface area contributed by atoms with Gasteiger partial charge in [-0.25, -0.2) is 4.39 Å². The summed E-state index contributed by atoms with van der Waals surface area (Å²) < 4.78 is 25.6. The van der Waals surface area contributed by atoms with E-state index in [-0.39, 0.29) is 11.7 Å². The molecule has 4 aromatic rings. The largest absolute Gasteiger partial charge is 0.495 e. The van der Waals surface area contributed by atoms with Crippen molar-refractivity contribution in [1.29, 1.82) is 0 Å². The average molecular weight is 460 g/mol. The number of thiophene rings is 1. The highest BCUT2D eigenvalue weighted by Crippen LogP contribution is 2.37. The van der Waals surface area contributed by atoms with Crippen LogP contribution in [-0.4, -0.2) is 29.9 Å². The van der Waals surface area contributed by atoms with Crippen LogP contribution in [0.2, 0.25) is 5.02 Å². The SMILES string of the molecule is COc1cc(NC(=O)c2cc3c(C)nn(Cc4ccc(F)cc4)c3s2)c(OC)cc1Cl. The standard InChI is InChI=1S/C22H19ClFN3O3S/c1-12-15-8-20(21(28)25-17-10-18(29-2)16(23)9-19(17)30-3)31-22(15)27(26-12)11-13-4-6-14(24)7-5-13/h4-10H,11H2,1-3H3,(H,25,28). The maximum atomic E-state index is 13.2. The number of nitrogens with one attached hydrogen (secondary N) is 1. The van der Waals surface area contributed by atoms with Crippen LogP contribution in [0.15, 0.2) is 42.5 Å². The Hall–Kier alpha value is -3.10. The van der Waals surface area contributed by atoms with E-state index in [2.05, 4.69) is 10.4 Å². The molecule has 2 aromatic heterocycles. The lowest BCUT2D eigenvalue weighted by molar-refractivity contribution is 0.103. The number of aromatic nitrogens is 2. The molecule has 4 rings (SSSR count). The fourth-order valence-corrected chi connectivity index (χ4v) is 4.52. The van der Waals surface area contributed by atoms with Crippen LogP contribution in [-0.2, 0) is 6.54 Å². The molecular weight excluding hydrogens is 441 g/mol. The smallest absolute Gasteiger partial charge is 0.265 e. The summed E-state index contributed by atoms with van der Waals surface area (Å²) in [5, 5.41) is 8.71. The molecule has 2 heterocycles. The molecule has 0 unspecified atom stereocenters. The van der Waals surface area contributed by atoms with Crippen LogP contribution in [0.3, 0.4) is 0 Å². The summed E-state index contributed by atoms with van der Waals surface area (Å²) in [5.41, 5.74) is 2.19. The highest BCUT2D eigenvalue weighted by Gasteiger charge is 2.19. The van der Waals surface area contributed by atoms with Gasteiger partial charge in [0.15, 0.2) is 0 Å². The third kappa shape index (κ3) is 4.22. The Morgan fingerprint density at radius 3 is 2.55 bits per heavy atom. The van der Waals surface area contributed by atoms with Gasteiger partial charge in [0.2, 0.25) is 0 Å². The molecule has 31 heavy (non-hydrogen) atoms. The zero-order chi connectivity index (χ0) is 22.1. The zero-order valence-electron chi connectivity index (χ0n) is 17.0. The topological polar surface area (TPSA) is 65.4 Å². The third-order valence-electron chi connectivity index (χ3n) is 4.80. The number of halogens is 2. The second-order valence-corrected chi connectivity index (χ2v) is 8.28. The number of rotatable bonds is 6. The highest BCUT2D eigenvalue weighted by molar-refractivity contribution is 7.20. The van der Waals surface area contributed by atoms with Crippen molar-refractivity contribution in [2.45, 2.75) is 13.5 Å². The Morgan fingerprint density at radius 2 is 1.87 bits per heavy atom. The summed E-state index contributed by atoms with van der Waals surface area (Å²) >= 11 is 7.47. The van der Waals surface area contributed by atoms with Crippen molar-refractivity contribution in [1.82, 2.24) is 9.78 Å². The van der Waals surface area contributed by atoms with E-state index in [4.69, 9.17) is 21.1 Å². The number of anilines is 1. The van der Waals surface area contributed by atoms with E-state index >= 15 is 0 Å². The van der Waals surface area contributed by atoms with Crippen molar-refractivity contribution in [3.63, 3.8) is 0 Å². The molecule has 6 nitrogen and oxygen atoms in total. The Balaban J connectivity index is 1.63. The Bertz CT molecular complexity index is 1270. The monoisotopic (exact) mass is 459 g/mol. The van der Waals surface area contributed by atoms with Gasteiger partial charge < -0.3 is 14.8 Å². The molecule has 0 aliphatic carbocycles. The second-order valence-electron chi connectivity index (χ2n) is 6.84. The van der Waals surface area contributed by atoms with Gasteiger partial charge in [-0.3, -0.25) is 9.48 Å². The van der Waals surface area contributed by atoms with Gasteiger partial charge in [0.25, 0.3) is 5.91 Å². The van der Waals surface area contributed by atoms with E-state index in [9.17, 15) is 9.18 Å². The number of carbonyl (C=O) groups excluding carboxylic acids is 1. The number of carbonyl (C=O) groups is 1. The van der Waals surface area contributed by atoms with Crippen LogP contribution >= 0.6 is 22.9 Å². The molecule has 0 bridgehead atoms. The van der Waals surface area contributed by atoms with Gasteiger partial charge in [-0.1, -0.05) is 23.7 Å². The zero-order valence-corrected chi connectivity index (χ0v) is 18.6. The van der Waals surface area contributed by atoms with Gasteiger partial charge in [0.05, 0.1) is 42.0 Å². The molecule has 0 spiro atoms. The van der Waals surface area contributed by atoms with Crippen molar-refractivity contribution in [2.24, 2.45) is 0 Å². The summed E-state index contributed by atoms with van der Waals surface area (Å²) in [6.45, 7) is 2.37. The Labute approximate surface area is 187 Å². The van der Waals surface area contributed by atoms with Crippen LogP contribution in [0.4, 0.5) is 10.1 Å². The fraction of sp³-hybridized carbons (Fsp3) is 0.182. The summed E-state index contributed by atoms with van der Waals surface area (Å²) in [6, 6.07) is 11.3. The first-order chi connectivity index (χ1) is 14.9. The minimum Gasteiger partial charge on any atom is -0.495 e. The number of hydrogen-bond donors (Lipinski definition) is 1. The lowest BCUT2D eigenvalue weighted by Gasteiger charge is -2.12. The number of amides is 1. The summed E-state index contributed by atoms with van der Waals surface area (Å²) in [4.78, 5) is 14.3. The average Bonchev–Trinajstić information content (AvgIpc) is 3.32. The van der Waals surface area contributed by atoms with Gasteiger partial charge in [-0.15, -0.1) is 11.3 Å². The first-order valence-electron chi connectivity index (χ1n) is 9.34. The van der Waals surface area contributed by atoms with Gasteiger partial charge in [0.1, 0.15) is 22.1 Å². The van der Waals surface area contributed by atoms with Crippen LogP contribution < -0.4 is 14.8 Å². The lowest BCUT2D eigenvalue weighted by Crippen LogP contribution is -2.11. The molecule has 0 aliphatic rings. The van der Waals surface area contributed by atoms with Gasteiger partial charge in [0, 0.05) is 17.5 Å². The minimum atomic E-state index is -0.283. The van der Waals surface area contributed by atoms with E-state index in [1.165, 1.54) is 37.7 Å². The van der Waals surface area contributed by atoms with E-state index in [1.54, 1.807) is 24.3 Å². The minimum absolute atomic E-state index is 0.281. The molecule has 0 saturated carbocycles. The van der Waals surface area contributed by atoms with Crippen LogP contribution in [0.25, 0.3) is 10.2 Å². The first-order valence-corrected chi connectivity index (χ1v) is 10.5. The predicted octanol–water partition coefficient (Wildman–Crippen LogP) is 5.52. The number of fused-ring (bicyclic) bond motifs is 1. The molecule has 0 atom stereocenters. The van der Waals surface area contributed by atoms with E-state index in [0.29, 0.717) is 33.6 Å². The summed E-state index contributed by atoms with van der Waals surface area (Å²) in [5.74, 6) is 0.297. The molecule has 0 fully saturated rings. The van der Waals surface area contributed by atoms with Gasteiger partial charge in [-0.2, -0.15) is 5.10 Å². The molecule has 1 N–H and O–H groups in total. The molecule has 1 amide bonds. The molecule has 0 radical (unpaired) electrons. The maximum absolute atomic E-state index is 13.2. The van der Waals surface area contributed by atoms with Crippen LogP contribution in [0.5, 0.6) is 11.5 Å². The van der Waals surface area contributed by atoms with Crippen molar-refractivity contribution in [3.05, 3.63) is 69.4 Å². The van der Waals surface area contributed by atoms with E-state index < -0.39 is 0 Å². The molecule has 9 heteroatoms. The number of hydrogen-bond acceptors (Lipinski definition) is 5. The van der Waals surface area contributed by atoms with Crippen molar-refractivity contribution < 1.29 is 18.7 Å². The van der Waals surface area contributed by atoms with Gasteiger partial charge >= 0.3 is 0 Å². The van der Waals surface area contributed by atoms with Crippen molar-refractivity contribution in [2.75, 3.05) is 19.5 Å². The molecule has 0 saturated heterocycles. The van der Waals surface area contributed by atoms with E-state index in [1.807, 2.05) is 17.7 Å². The maximum Gasteiger partial charge on any atom is 0.265 e. The number of aryl methyl sites for hydroxylation is 1. The van der Waals surface area contributed by atoms with Crippen LogP contribution in [0, 0.1) is 12.7 Å². The second kappa shape index (κ2) is 8.56. The van der Waals surface area contributed by atoms with E-state index in [0.717, 1.165) is 21.5 Å². The third-order valence-corrected chi connectivity index (χ3v) is 6.24. The molecular formula is C22H19ClFN3O3S. The van der Waals surface area contributed by atoms with Crippen LogP contribution in [0.1, 0.15) is 20.9 Å². The summed E-state index contributed by atoms with van der Waals surface area (Å²) in [6.07, 6.45) is 0. The highest BCUT2D eigenvalue weighted by atomic mass is 35.5. The number of nitrogens with zero attached hydrogens (tertiary/aromatic N) is 2. The Morgan fingerprint density at radius 1 is 1.16 bits per heavy atom. The number of benzene rings is 2.